The number of benzene rings is 1. The highest BCUT2D eigenvalue weighted by atomic mass is 32.2. The van der Waals surface area contributed by atoms with Crippen LogP contribution in [-0.4, -0.2) is 31.4 Å². The van der Waals surface area contributed by atoms with Gasteiger partial charge in [0, 0.05) is 6.54 Å². The molecule has 17 heavy (non-hydrogen) atoms. The molecule has 1 rings (SSSR count). The normalized spacial score (nSPS) is 12.5. The van der Waals surface area contributed by atoms with Crippen molar-refractivity contribution in [2.75, 3.05) is 17.6 Å². The van der Waals surface area contributed by atoms with Crippen molar-refractivity contribution < 1.29 is 13.5 Å². The molecule has 5 heteroatoms. The summed E-state index contributed by atoms with van der Waals surface area (Å²) in [5.74, 6) is 0.0637. The summed E-state index contributed by atoms with van der Waals surface area (Å²) in [6.07, 6.45) is 0. The number of hydrogen-bond donors (Lipinski definition) is 2. The van der Waals surface area contributed by atoms with E-state index in [9.17, 15) is 13.5 Å². The average Bonchev–Trinajstić information content (AvgIpc) is 2.26. The molecule has 0 saturated carbocycles. The van der Waals surface area contributed by atoms with E-state index in [1.54, 1.807) is 45.0 Å². The molecule has 4 nitrogen and oxygen atoms in total. The zero-order valence-electron chi connectivity index (χ0n) is 10.4. The van der Waals surface area contributed by atoms with Gasteiger partial charge in [0.1, 0.15) is 0 Å². The van der Waals surface area contributed by atoms with Crippen LogP contribution >= 0.6 is 0 Å². The highest BCUT2D eigenvalue weighted by molar-refractivity contribution is 7.91. The Kier molecular flexibility index (Phi) is 4.16. The van der Waals surface area contributed by atoms with Crippen LogP contribution in [0.5, 0.6) is 0 Å². The number of anilines is 1. The van der Waals surface area contributed by atoms with E-state index in [1.807, 2.05) is 0 Å². The zero-order chi connectivity index (χ0) is 13.1. The molecule has 0 aliphatic rings. The fourth-order valence-corrected chi connectivity index (χ4v) is 2.42. The number of para-hydroxylation sites is 1. The highest BCUT2D eigenvalue weighted by Crippen LogP contribution is 2.22. The van der Waals surface area contributed by atoms with Gasteiger partial charge in [0.2, 0.25) is 0 Å². The van der Waals surface area contributed by atoms with Crippen molar-refractivity contribution in [3.8, 4) is 0 Å². The van der Waals surface area contributed by atoms with E-state index in [2.05, 4.69) is 5.32 Å². The molecule has 0 saturated heterocycles. The first-order valence-corrected chi connectivity index (χ1v) is 7.19. The number of sulfone groups is 1. The third-order valence-electron chi connectivity index (χ3n) is 2.31. The third-order valence-corrected chi connectivity index (χ3v) is 4.10. The summed E-state index contributed by atoms with van der Waals surface area (Å²) in [6.45, 7) is 5.24. The van der Waals surface area contributed by atoms with E-state index in [1.165, 1.54) is 0 Å². The molecular weight excluding hydrogens is 238 g/mol. The number of rotatable bonds is 5. The van der Waals surface area contributed by atoms with Crippen LogP contribution in [0.1, 0.15) is 20.8 Å². The lowest BCUT2D eigenvalue weighted by molar-refractivity contribution is 0.0944. The maximum atomic E-state index is 11.8. The van der Waals surface area contributed by atoms with Crippen LogP contribution in [0.4, 0.5) is 5.69 Å². The zero-order valence-corrected chi connectivity index (χ0v) is 11.2. The second-order valence-electron chi connectivity index (χ2n) is 4.57. The van der Waals surface area contributed by atoms with Gasteiger partial charge in [0.25, 0.3) is 0 Å². The maximum Gasteiger partial charge on any atom is 0.180 e. The maximum absolute atomic E-state index is 11.8. The van der Waals surface area contributed by atoms with Crippen LogP contribution in [-0.2, 0) is 9.84 Å². The van der Waals surface area contributed by atoms with Gasteiger partial charge in [-0.3, -0.25) is 0 Å². The van der Waals surface area contributed by atoms with Crippen molar-refractivity contribution in [2.24, 2.45) is 0 Å². The standard InChI is InChI=1S/C12H19NO3S/c1-4-17(15,16)11-8-6-5-7-10(11)13-9-12(2,3)14/h5-8,13-14H,4,9H2,1-3H3. The molecular formula is C12H19NO3S. The SMILES string of the molecule is CCS(=O)(=O)c1ccccc1NCC(C)(C)O. The van der Waals surface area contributed by atoms with Crippen LogP contribution in [0, 0.1) is 0 Å². The van der Waals surface area contributed by atoms with E-state index in [-0.39, 0.29) is 10.6 Å². The predicted octanol–water partition coefficient (Wildman–Crippen LogP) is 1.66. The Morgan fingerprint density at radius 2 is 1.88 bits per heavy atom. The lowest BCUT2D eigenvalue weighted by Crippen LogP contribution is -2.29. The van der Waals surface area contributed by atoms with E-state index >= 15 is 0 Å². The van der Waals surface area contributed by atoms with Gasteiger partial charge >= 0.3 is 0 Å². The average molecular weight is 257 g/mol. The molecule has 0 fully saturated rings. The Morgan fingerprint density at radius 1 is 1.29 bits per heavy atom. The molecule has 0 atom stereocenters. The Hall–Kier alpha value is -1.07. The van der Waals surface area contributed by atoms with Crippen LogP contribution in [0.15, 0.2) is 29.2 Å². The van der Waals surface area contributed by atoms with Crippen LogP contribution < -0.4 is 5.32 Å². The smallest absolute Gasteiger partial charge is 0.180 e. The molecule has 0 amide bonds. The lowest BCUT2D eigenvalue weighted by Gasteiger charge is -2.20. The first kappa shape index (κ1) is 14.0. The van der Waals surface area contributed by atoms with Crippen molar-refractivity contribution in [1.82, 2.24) is 0 Å². The lowest BCUT2D eigenvalue weighted by atomic mass is 10.1. The summed E-state index contributed by atoms with van der Waals surface area (Å²) in [6, 6.07) is 6.74. The summed E-state index contributed by atoms with van der Waals surface area (Å²) < 4.78 is 23.7. The fraction of sp³-hybridized carbons (Fsp3) is 0.500. The first-order chi connectivity index (χ1) is 7.76. The van der Waals surface area contributed by atoms with Gasteiger partial charge < -0.3 is 10.4 Å². The quantitative estimate of drug-likeness (QED) is 0.842. The molecule has 0 bridgehead atoms. The molecule has 0 aromatic heterocycles. The van der Waals surface area contributed by atoms with Crippen molar-refractivity contribution in [3.05, 3.63) is 24.3 Å². The van der Waals surface area contributed by atoms with Gasteiger partial charge in [-0.1, -0.05) is 19.1 Å². The Morgan fingerprint density at radius 3 is 2.41 bits per heavy atom. The molecule has 0 aliphatic heterocycles. The summed E-state index contributed by atoms with van der Waals surface area (Å²) in [7, 11) is -3.24. The molecule has 2 N–H and O–H groups in total. The molecule has 0 spiro atoms. The second-order valence-corrected chi connectivity index (χ2v) is 6.81. The van der Waals surface area contributed by atoms with E-state index in [4.69, 9.17) is 0 Å². The predicted molar refractivity (Wildman–Crippen MR) is 69.0 cm³/mol. The van der Waals surface area contributed by atoms with E-state index in [0.717, 1.165) is 0 Å². The number of nitrogens with one attached hydrogen (secondary N) is 1. The molecule has 0 radical (unpaired) electrons. The van der Waals surface area contributed by atoms with Crippen LogP contribution in [0.25, 0.3) is 0 Å². The monoisotopic (exact) mass is 257 g/mol. The molecule has 1 aromatic carbocycles. The number of aliphatic hydroxyl groups is 1. The van der Waals surface area contributed by atoms with Crippen molar-refractivity contribution >= 4 is 15.5 Å². The Balaban J connectivity index is 3.02. The summed E-state index contributed by atoms with van der Waals surface area (Å²) in [4.78, 5) is 0.284. The van der Waals surface area contributed by atoms with Gasteiger partial charge in [-0.05, 0) is 26.0 Å². The fourth-order valence-electron chi connectivity index (χ4n) is 1.35. The number of hydrogen-bond acceptors (Lipinski definition) is 4. The molecule has 0 unspecified atom stereocenters. The van der Waals surface area contributed by atoms with Gasteiger partial charge in [-0.25, -0.2) is 8.42 Å². The molecule has 0 aliphatic carbocycles. The highest BCUT2D eigenvalue weighted by Gasteiger charge is 2.18. The summed E-state index contributed by atoms with van der Waals surface area (Å²) >= 11 is 0. The van der Waals surface area contributed by atoms with Crippen molar-refractivity contribution in [1.29, 1.82) is 0 Å². The summed E-state index contributed by atoms with van der Waals surface area (Å²) in [5.41, 5.74) is -0.347. The first-order valence-electron chi connectivity index (χ1n) is 5.54. The van der Waals surface area contributed by atoms with E-state index in [0.29, 0.717) is 12.2 Å². The van der Waals surface area contributed by atoms with Crippen LogP contribution in [0.2, 0.25) is 0 Å². The topological polar surface area (TPSA) is 66.4 Å². The summed E-state index contributed by atoms with van der Waals surface area (Å²) in [5, 5.41) is 12.6. The Bertz CT molecular complexity index is 475. The van der Waals surface area contributed by atoms with Gasteiger partial charge in [-0.15, -0.1) is 0 Å². The van der Waals surface area contributed by atoms with Crippen molar-refractivity contribution in [2.45, 2.75) is 31.3 Å². The third kappa shape index (κ3) is 4.02. The minimum Gasteiger partial charge on any atom is -0.389 e. The minimum absolute atomic E-state index is 0.0637. The van der Waals surface area contributed by atoms with Gasteiger partial charge in [-0.2, -0.15) is 0 Å². The van der Waals surface area contributed by atoms with Gasteiger partial charge in [0.05, 0.1) is 21.9 Å². The second kappa shape index (κ2) is 5.06. The van der Waals surface area contributed by atoms with Crippen LogP contribution in [0.3, 0.4) is 0 Å². The van der Waals surface area contributed by atoms with Crippen molar-refractivity contribution in [3.63, 3.8) is 0 Å². The molecule has 0 heterocycles. The minimum atomic E-state index is -3.24. The molecule has 96 valence electrons. The molecule has 1 aromatic rings. The Labute approximate surface area is 103 Å². The van der Waals surface area contributed by atoms with E-state index < -0.39 is 15.4 Å². The largest absolute Gasteiger partial charge is 0.389 e. The van der Waals surface area contributed by atoms with Gasteiger partial charge in [0.15, 0.2) is 9.84 Å².